The number of benzene rings is 1. The highest BCUT2D eigenvalue weighted by Crippen LogP contribution is 2.21. The topological polar surface area (TPSA) is 114 Å². The van der Waals surface area contributed by atoms with Gasteiger partial charge < -0.3 is 14.4 Å². The van der Waals surface area contributed by atoms with Crippen molar-refractivity contribution < 1.29 is 27.5 Å². The highest BCUT2D eigenvalue weighted by Gasteiger charge is 2.37. The first kappa shape index (κ1) is 22.7. The zero-order chi connectivity index (χ0) is 21.6. The molecule has 1 aromatic carbocycles. The molecule has 1 fully saturated rings. The van der Waals surface area contributed by atoms with Crippen LogP contribution in [-0.2, 0) is 24.2 Å². The molecule has 0 bridgehead atoms. The van der Waals surface area contributed by atoms with Crippen molar-refractivity contribution in [1.82, 2.24) is 4.90 Å². The van der Waals surface area contributed by atoms with Gasteiger partial charge >= 0.3 is 5.97 Å². The molecule has 1 saturated heterocycles. The lowest BCUT2D eigenvalue weighted by molar-refractivity contribution is -0.158. The summed E-state index contributed by atoms with van der Waals surface area (Å²) in [6.07, 6.45) is 0.110. The van der Waals surface area contributed by atoms with Gasteiger partial charge in [0.1, 0.15) is 5.75 Å². The Morgan fingerprint density at radius 1 is 1.28 bits per heavy atom. The van der Waals surface area contributed by atoms with Crippen molar-refractivity contribution >= 4 is 21.7 Å². The van der Waals surface area contributed by atoms with E-state index in [9.17, 15) is 18.0 Å². The zero-order valence-electron chi connectivity index (χ0n) is 16.8. The molecule has 29 heavy (non-hydrogen) atoms. The number of nitrogens with zero attached hydrogens (tertiary/aromatic N) is 2. The van der Waals surface area contributed by atoms with E-state index in [1.165, 1.54) is 11.8 Å². The Labute approximate surface area is 171 Å². The quantitative estimate of drug-likeness (QED) is 0.586. The van der Waals surface area contributed by atoms with Crippen molar-refractivity contribution in [2.45, 2.75) is 51.8 Å². The van der Waals surface area contributed by atoms with Crippen molar-refractivity contribution in [3.63, 3.8) is 0 Å². The van der Waals surface area contributed by atoms with Gasteiger partial charge in [-0.3, -0.25) is 4.79 Å². The number of rotatable bonds is 8. The lowest BCUT2D eigenvalue weighted by Gasteiger charge is -2.33. The normalized spacial score (nSPS) is 19.6. The number of hydrogen-bond donors (Lipinski definition) is 0. The molecule has 0 N–H and O–H groups in total. The second-order valence-corrected chi connectivity index (χ2v) is 9.35. The van der Waals surface area contributed by atoms with Crippen molar-refractivity contribution in [3.05, 3.63) is 29.8 Å². The van der Waals surface area contributed by atoms with Crippen molar-refractivity contribution in [3.8, 4) is 11.8 Å². The molecule has 158 valence electrons. The van der Waals surface area contributed by atoms with Crippen LogP contribution in [0, 0.1) is 11.3 Å². The number of hydrogen-bond acceptors (Lipinski definition) is 7. The summed E-state index contributed by atoms with van der Waals surface area (Å²) < 4.78 is 34.2. The molecule has 0 aliphatic carbocycles. The summed E-state index contributed by atoms with van der Waals surface area (Å²) in [5.74, 6) is -0.717. The lowest BCUT2D eigenvalue weighted by Crippen LogP contribution is -2.48. The molecular weight excluding hydrogens is 396 g/mol. The largest absolute Gasteiger partial charge is 0.479 e. The standard InChI is InChI=1S/C20H26N2O6S/c1-4-14(2)22(17-9-10-29(25,26)13-17)19(23)12-27-20(24)15(3)28-18-7-5-16(11-21)6-8-18/h5-8,14-15,17H,4,9-10,12-13H2,1-3H3/t14-,15+,17+/m0/s1. The fourth-order valence-corrected chi connectivity index (χ4v) is 4.90. The lowest BCUT2D eigenvalue weighted by atomic mass is 10.1. The molecule has 9 heteroatoms. The van der Waals surface area contributed by atoms with Gasteiger partial charge in [0.05, 0.1) is 23.1 Å². The molecule has 0 saturated carbocycles. The van der Waals surface area contributed by atoms with Gasteiger partial charge in [-0.1, -0.05) is 6.92 Å². The minimum atomic E-state index is -3.14. The second kappa shape index (κ2) is 9.74. The summed E-state index contributed by atoms with van der Waals surface area (Å²) >= 11 is 0. The molecule has 0 radical (unpaired) electrons. The third-order valence-electron chi connectivity index (χ3n) is 4.92. The maximum Gasteiger partial charge on any atom is 0.347 e. The van der Waals surface area contributed by atoms with Crippen LogP contribution < -0.4 is 4.74 Å². The summed E-state index contributed by atoms with van der Waals surface area (Å²) in [7, 11) is -3.14. The summed E-state index contributed by atoms with van der Waals surface area (Å²) in [5, 5.41) is 8.80. The molecule has 2 rings (SSSR count). The number of esters is 1. The molecule has 0 unspecified atom stereocenters. The maximum atomic E-state index is 12.7. The molecule has 8 nitrogen and oxygen atoms in total. The molecule has 3 atom stereocenters. The van der Waals surface area contributed by atoms with Crippen LogP contribution in [0.15, 0.2) is 24.3 Å². The maximum absolute atomic E-state index is 12.7. The molecule has 1 amide bonds. The number of nitriles is 1. The van der Waals surface area contributed by atoms with Crippen molar-refractivity contribution in [2.24, 2.45) is 0 Å². The van der Waals surface area contributed by atoms with Crippen LogP contribution in [0.4, 0.5) is 0 Å². The van der Waals surface area contributed by atoms with Crippen LogP contribution in [0.25, 0.3) is 0 Å². The Bertz CT molecular complexity index is 875. The van der Waals surface area contributed by atoms with Gasteiger partial charge in [-0.2, -0.15) is 5.26 Å². The molecule has 0 spiro atoms. The van der Waals surface area contributed by atoms with E-state index in [0.29, 0.717) is 24.2 Å². The van der Waals surface area contributed by atoms with E-state index in [4.69, 9.17) is 14.7 Å². The Morgan fingerprint density at radius 3 is 2.45 bits per heavy atom. The first-order valence-corrected chi connectivity index (χ1v) is 11.3. The summed E-state index contributed by atoms with van der Waals surface area (Å²) in [5.41, 5.74) is 0.470. The highest BCUT2D eigenvalue weighted by molar-refractivity contribution is 7.91. The Morgan fingerprint density at radius 2 is 1.93 bits per heavy atom. The smallest absolute Gasteiger partial charge is 0.347 e. The number of sulfone groups is 1. The molecule has 0 aromatic heterocycles. The van der Waals surface area contributed by atoms with E-state index in [-0.39, 0.29) is 17.5 Å². The third-order valence-corrected chi connectivity index (χ3v) is 6.67. The van der Waals surface area contributed by atoms with Crippen molar-refractivity contribution in [1.29, 1.82) is 5.26 Å². The van der Waals surface area contributed by atoms with E-state index >= 15 is 0 Å². The summed E-state index contributed by atoms with van der Waals surface area (Å²) in [6, 6.07) is 7.70. The first-order chi connectivity index (χ1) is 13.7. The van der Waals surface area contributed by atoms with Crippen molar-refractivity contribution in [2.75, 3.05) is 18.1 Å². The van der Waals surface area contributed by atoms with Gasteiger partial charge in [-0.05, 0) is 51.0 Å². The van der Waals surface area contributed by atoms with Crippen LogP contribution in [0.3, 0.4) is 0 Å². The molecular formula is C20H26N2O6S. The number of amides is 1. The Hall–Kier alpha value is -2.60. The van der Waals surface area contributed by atoms with E-state index < -0.39 is 40.5 Å². The number of carbonyl (C=O) groups excluding carboxylic acids is 2. The van der Waals surface area contributed by atoms with E-state index in [1.54, 1.807) is 24.3 Å². The van der Waals surface area contributed by atoms with Gasteiger partial charge in [0.2, 0.25) is 0 Å². The minimum absolute atomic E-state index is 0.0603. The van der Waals surface area contributed by atoms with Gasteiger partial charge in [0.15, 0.2) is 22.5 Å². The predicted molar refractivity (Wildman–Crippen MR) is 106 cm³/mol. The van der Waals surface area contributed by atoms with E-state index in [0.717, 1.165) is 0 Å². The fourth-order valence-electron chi connectivity index (χ4n) is 3.19. The molecule has 1 aliphatic rings. The van der Waals surface area contributed by atoms with Crippen LogP contribution in [0.2, 0.25) is 0 Å². The first-order valence-electron chi connectivity index (χ1n) is 9.52. The minimum Gasteiger partial charge on any atom is -0.479 e. The SMILES string of the molecule is CC[C@H](C)N(C(=O)COC(=O)[C@@H](C)Oc1ccc(C#N)cc1)[C@@H]1CCS(=O)(=O)C1. The van der Waals surface area contributed by atoms with Crippen LogP contribution in [0.5, 0.6) is 5.75 Å². The average Bonchev–Trinajstić information content (AvgIpc) is 3.05. The molecule has 1 aliphatic heterocycles. The van der Waals surface area contributed by atoms with Crippen LogP contribution >= 0.6 is 0 Å². The third kappa shape index (κ3) is 6.19. The van der Waals surface area contributed by atoms with Crippen LogP contribution in [0.1, 0.15) is 39.2 Å². The van der Waals surface area contributed by atoms with Crippen LogP contribution in [-0.4, -0.2) is 61.5 Å². The summed E-state index contributed by atoms with van der Waals surface area (Å²) in [6.45, 7) is 4.79. The van der Waals surface area contributed by atoms with Gasteiger partial charge in [-0.15, -0.1) is 0 Å². The summed E-state index contributed by atoms with van der Waals surface area (Å²) in [4.78, 5) is 26.4. The van der Waals surface area contributed by atoms with E-state index in [1.807, 2.05) is 19.9 Å². The second-order valence-electron chi connectivity index (χ2n) is 7.12. The average molecular weight is 423 g/mol. The van der Waals surface area contributed by atoms with Gasteiger partial charge in [-0.25, -0.2) is 13.2 Å². The molecule has 1 heterocycles. The van der Waals surface area contributed by atoms with E-state index in [2.05, 4.69) is 0 Å². The monoisotopic (exact) mass is 422 g/mol. The number of ether oxygens (including phenoxy) is 2. The number of carbonyl (C=O) groups is 2. The molecule has 1 aromatic rings. The Kier molecular flexibility index (Phi) is 7.62. The Balaban J connectivity index is 1.93. The highest BCUT2D eigenvalue weighted by atomic mass is 32.2. The fraction of sp³-hybridized carbons (Fsp3) is 0.550. The zero-order valence-corrected chi connectivity index (χ0v) is 17.6. The predicted octanol–water partition coefficient (Wildman–Crippen LogP) is 1.68. The van der Waals surface area contributed by atoms with Gasteiger partial charge in [0, 0.05) is 12.1 Å². The van der Waals surface area contributed by atoms with Gasteiger partial charge in [0.25, 0.3) is 5.91 Å².